The Morgan fingerprint density at radius 2 is 1.77 bits per heavy atom. The fourth-order valence-corrected chi connectivity index (χ4v) is 4.76. The average Bonchev–Trinajstić information content (AvgIpc) is 3.18. The van der Waals surface area contributed by atoms with Crippen molar-refractivity contribution in [2.24, 2.45) is 5.14 Å². The van der Waals surface area contributed by atoms with Gasteiger partial charge in [0.1, 0.15) is 6.54 Å². The Kier molecular flexibility index (Phi) is 8.43. The van der Waals surface area contributed by atoms with E-state index < -0.39 is 39.8 Å². The summed E-state index contributed by atoms with van der Waals surface area (Å²) in [7, 11) is -4.31. The molecule has 0 radical (unpaired) electrons. The summed E-state index contributed by atoms with van der Waals surface area (Å²) in [6, 6.07) is 9.16. The standard InChI is InChI=1S/C25H24F6N4O4S/c26-24(27,28)15-35-17(13-19-20(4-1-5-22(19)35)34-16-8-11-38-12-9-16)3-2-10-33-21-7-6-18(40(32,36)37)14-23(21)39-25(29,30)31/h1,4-7,13-14,16,33-34H,8-12,15H2,(H2,32,36,37). The average molecular weight is 591 g/mol. The van der Waals surface area contributed by atoms with E-state index in [4.69, 9.17) is 9.88 Å². The Morgan fingerprint density at radius 1 is 1.05 bits per heavy atom. The molecule has 0 bridgehead atoms. The fraction of sp³-hybridized carbons (Fsp3) is 0.360. The number of nitrogens with two attached hydrogens (primary N) is 1. The zero-order valence-electron chi connectivity index (χ0n) is 20.7. The van der Waals surface area contributed by atoms with Gasteiger partial charge in [0.25, 0.3) is 0 Å². The first kappa shape index (κ1) is 29.4. The smallest absolute Gasteiger partial charge is 0.404 e. The number of hydrogen-bond donors (Lipinski definition) is 3. The van der Waals surface area contributed by atoms with Crippen molar-refractivity contribution < 1.29 is 44.2 Å². The van der Waals surface area contributed by atoms with Gasteiger partial charge in [-0.25, -0.2) is 13.6 Å². The van der Waals surface area contributed by atoms with Crippen molar-refractivity contribution in [2.75, 3.05) is 30.4 Å². The largest absolute Gasteiger partial charge is 0.573 e. The minimum atomic E-state index is -5.13. The van der Waals surface area contributed by atoms with E-state index in [-0.39, 0.29) is 24.0 Å². The molecule has 1 aliphatic rings. The maximum absolute atomic E-state index is 13.4. The van der Waals surface area contributed by atoms with Gasteiger partial charge >= 0.3 is 12.5 Å². The molecule has 40 heavy (non-hydrogen) atoms. The number of alkyl halides is 6. The predicted molar refractivity (Wildman–Crippen MR) is 135 cm³/mol. The molecule has 8 nitrogen and oxygen atoms in total. The van der Waals surface area contributed by atoms with Gasteiger partial charge in [0.15, 0.2) is 5.75 Å². The van der Waals surface area contributed by atoms with Crippen molar-refractivity contribution in [2.45, 2.75) is 42.9 Å². The molecule has 0 spiro atoms. The van der Waals surface area contributed by atoms with E-state index in [1.54, 1.807) is 18.2 Å². The number of nitrogens with one attached hydrogen (secondary N) is 2. The molecule has 0 atom stereocenters. The van der Waals surface area contributed by atoms with E-state index in [9.17, 15) is 34.8 Å². The predicted octanol–water partition coefficient (Wildman–Crippen LogP) is 4.80. The fourth-order valence-electron chi connectivity index (χ4n) is 4.23. The molecule has 3 aromatic rings. The van der Waals surface area contributed by atoms with E-state index in [0.717, 1.165) is 29.5 Å². The van der Waals surface area contributed by atoms with Crippen LogP contribution in [0.1, 0.15) is 18.5 Å². The van der Waals surface area contributed by atoms with Crippen LogP contribution >= 0.6 is 0 Å². The molecule has 1 fully saturated rings. The van der Waals surface area contributed by atoms with Gasteiger partial charge in [-0.2, -0.15) is 13.2 Å². The number of benzene rings is 2. The van der Waals surface area contributed by atoms with Gasteiger partial charge < -0.3 is 24.7 Å². The topological polar surface area (TPSA) is 108 Å². The lowest BCUT2D eigenvalue weighted by molar-refractivity contribution is -0.274. The molecular weight excluding hydrogens is 566 g/mol. The van der Waals surface area contributed by atoms with E-state index in [2.05, 4.69) is 27.2 Å². The number of ether oxygens (including phenoxy) is 2. The monoisotopic (exact) mass is 590 g/mol. The van der Waals surface area contributed by atoms with Gasteiger partial charge in [-0.1, -0.05) is 12.0 Å². The van der Waals surface area contributed by atoms with Crippen LogP contribution in [0.4, 0.5) is 37.7 Å². The van der Waals surface area contributed by atoms with Gasteiger partial charge in [-0.3, -0.25) is 0 Å². The Hall–Kier alpha value is -3.61. The number of anilines is 2. The van der Waals surface area contributed by atoms with Gasteiger partial charge in [-0.15, -0.1) is 13.2 Å². The highest BCUT2D eigenvalue weighted by atomic mass is 32.2. The Bertz CT molecular complexity index is 1530. The summed E-state index contributed by atoms with van der Waals surface area (Å²) >= 11 is 0. The van der Waals surface area contributed by atoms with Crippen molar-refractivity contribution in [3.63, 3.8) is 0 Å². The van der Waals surface area contributed by atoms with E-state index in [1.807, 2.05) is 0 Å². The van der Waals surface area contributed by atoms with Crippen LogP contribution in [0.15, 0.2) is 47.4 Å². The number of nitrogens with zero attached hydrogens (tertiary/aromatic N) is 1. The molecule has 1 aliphatic heterocycles. The summed E-state index contributed by atoms with van der Waals surface area (Å²) in [5.41, 5.74) is 0.756. The van der Waals surface area contributed by atoms with Crippen LogP contribution in [0.2, 0.25) is 0 Å². The van der Waals surface area contributed by atoms with Crippen LogP contribution < -0.4 is 20.5 Å². The van der Waals surface area contributed by atoms with Gasteiger partial charge in [-0.05, 0) is 49.1 Å². The maximum Gasteiger partial charge on any atom is 0.573 e. The molecule has 15 heteroatoms. The summed E-state index contributed by atoms with van der Waals surface area (Å²) in [6.45, 7) is -0.448. The third-order valence-corrected chi connectivity index (χ3v) is 6.87. The molecule has 4 N–H and O–H groups in total. The lowest BCUT2D eigenvalue weighted by atomic mass is 10.1. The molecule has 1 aromatic heterocycles. The minimum absolute atomic E-state index is 0.0479. The Labute approximate surface area is 225 Å². The highest BCUT2D eigenvalue weighted by Gasteiger charge is 2.33. The second kappa shape index (κ2) is 11.5. The van der Waals surface area contributed by atoms with Crippen molar-refractivity contribution in [1.29, 1.82) is 0 Å². The summed E-state index contributed by atoms with van der Waals surface area (Å²) < 4.78 is 112. The third-order valence-electron chi connectivity index (χ3n) is 5.96. The highest BCUT2D eigenvalue weighted by molar-refractivity contribution is 7.89. The summed E-state index contributed by atoms with van der Waals surface area (Å²) in [6.07, 6.45) is -8.18. The first-order valence-corrected chi connectivity index (χ1v) is 13.4. The van der Waals surface area contributed by atoms with Crippen molar-refractivity contribution in [1.82, 2.24) is 4.57 Å². The van der Waals surface area contributed by atoms with Crippen LogP contribution in [-0.2, 0) is 21.3 Å². The molecule has 2 aromatic carbocycles. The Morgan fingerprint density at radius 3 is 2.42 bits per heavy atom. The van der Waals surface area contributed by atoms with Gasteiger partial charge in [0.05, 0.1) is 28.3 Å². The van der Waals surface area contributed by atoms with Crippen LogP contribution in [0.5, 0.6) is 5.75 Å². The number of fused-ring (bicyclic) bond motifs is 1. The molecule has 1 saturated heterocycles. The molecule has 0 saturated carbocycles. The minimum Gasteiger partial charge on any atom is -0.404 e. The zero-order valence-corrected chi connectivity index (χ0v) is 21.5. The molecule has 2 heterocycles. The summed E-state index contributed by atoms with van der Waals surface area (Å²) in [5, 5.41) is 11.4. The SMILES string of the molecule is NS(=O)(=O)c1ccc(NCC#Cc2cc3c(NC4CCOCC4)cccc3n2CC(F)(F)F)c(OC(F)(F)F)c1. The van der Waals surface area contributed by atoms with Crippen LogP contribution in [0.25, 0.3) is 10.9 Å². The Balaban J connectivity index is 1.62. The van der Waals surface area contributed by atoms with E-state index in [1.165, 1.54) is 6.07 Å². The van der Waals surface area contributed by atoms with Crippen LogP contribution in [-0.4, -0.2) is 51.3 Å². The third kappa shape index (κ3) is 7.74. The molecule has 4 rings (SSSR count). The molecule has 0 aliphatic carbocycles. The van der Waals surface area contributed by atoms with E-state index in [0.29, 0.717) is 35.9 Å². The number of halogens is 6. The summed E-state index contributed by atoms with van der Waals surface area (Å²) in [4.78, 5) is -0.606. The maximum atomic E-state index is 13.4. The molecule has 0 unspecified atom stereocenters. The quantitative estimate of drug-likeness (QED) is 0.270. The number of primary sulfonamides is 1. The van der Waals surface area contributed by atoms with Crippen molar-refractivity contribution in [3.05, 3.63) is 48.2 Å². The molecular formula is C25H24F6N4O4S. The first-order chi connectivity index (χ1) is 18.7. The van der Waals surface area contributed by atoms with Gasteiger partial charge in [0, 0.05) is 36.4 Å². The number of hydrogen-bond acceptors (Lipinski definition) is 6. The first-order valence-electron chi connectivity index (χ1n) is 11.9. The number of sulfonamides is 1. The van der Waals surface area contributed by atoms with Crippen LogP contribution in [0.3, 0.4) is 0 Å². The number of aromatic nitrogens is 1. The van der Waals surface area contributed by atoms with Crippen molar-refractivity contribution in [3.8, 4) is 17.6 Å². The highest BCUT2D eigenvalue weighted by Crippen LogP contribution is 2.33. The molecule has 216 valence electrons. The van der Waals surface area contributed by atoms with E-state index >= 15 is 0 Å². The number of rotatable bonds is 7. The van der Waals surface area contributed by atoms with Gasteiger partial charge in [0.2, 0.25) is 10.0 Å². The zero-order chi connectivity index (χ0) is 29.1. The summed E-state index contributed by atoms with van der Waals surface area (Å²) in [5.74, 6) is 4.40. The van der Waals surface area contributed by atoms with Crippen LogP contribution in [0, 0.1) is 11.8 Å². The van der Waals surface area contributed by atoms with Crippen molar-refractivity contribution >= 4 is 32.3 Å². The lowest BCUT2D eigenvalue weighted by Gasteiger charge is -2.24. The molecule has 0 amide bonds. The second-order valence-electron chi connectivity index (χ2n) is 8.91. The lowest BCUT2D eigenvalue weighted by Crippen LogP contribution is -2.27. The normalized spacial score (nSPS) is 15.0. The second-order valence-corrected chi connectivity index (χ2v) is 10.5.